The van der Waals surface area contributed by atoms with Gasteiger partial charge in [-0.15, -0.1) is 5.10 Å². The Morgan fingerprint density at radius 3 is 2.81 bits per heavy atom. The monoisotopic (exact) mass is 224 g/mol. The predicted octanol–water partition coefficient (Wildman–Crippen LogP) is -0.578. The number of hydrogen-bond donors (Lipinski definition) is 1. The molecular formula is C8H12N6O2. The molecular weight excluding hydrogens is 212 g/mol. The van der Waals surface area contributed by atoms with Crippen LogP contribution in [0.3, 0.4) is 0 Å². The lowest BCUT2D eigenvalue weighted by Crippen LogP contribution is -2.21. The summed E-state index contributed by atoms with van der Waals surface area (Å²) in [7, 11) is 3.10. The largest absolute Gasteiger partial charge is 0.382 e. The van der Waals surface area contributed by atoms with Gasteiger partial charge in [-0.2, -0.15) is 0 Å². The van der Waals surface area contributed by atoms with Gasteiger partial charge in [0, 0.05) is 14.2 Å². The van der Waals surface area contributed by atoms with E-state index < -0.39 is 6.29 Å². The molecule has 0 saturated carbocycles. The first-order valence-corrected chi connectivity index (χ1v) is 4.61. The molecule has 0 spiro atoms. The van der Waals surface area contributed by atoms with E-state index in [1.165, 1.54) is 6.33 Å². The maximum Gasteiger partial charge on any atom is 0.184 e. The first-order valence-electron chi connectivity index (χ1n) is 4.61. The van der Waals surface area contributed by atoms with Gasteiger partial charge >= 0.3 is 0 Å². The summed E-state index contributed by atoms with van der Waals surface area (Å²) >= 11 is 0. The minimum atomic E-state index is -0.402. The highest BCUT2D eigenvalue weighted by molar-refractivity contribution is 5.80. The molecule has 0 radical (unpaired) electrons. The second kappa shape index (κ2) is 4.37. The van der Waals surface area contributed by atoms with Crippen molar-refractivity contribution in [1.29, 1.82) is 0 Å². The van der Waals surface area contributed by atoms with Gasteiger partial charge in [0.2, 0.25) is 0 Å². The highest BCUT2D eigenvalue weighted by Gasteiger charge is 2.13. The first-order chi connectivity index (χ1) is 7.76. The minimum absolute atomic E-state index is 0.308. The van der Waals surface area contributed by atoms with Gasteiger partial charge in [0.15, 0.2) is 23.3 Å². The van der Waals surface area contributed by atoms with Crippen LogP contribution >= 0.6 is 0 Å². The van der Waals surface area contributed by atoms with E-state index in [0.717, 1.165) is 0 Å². The van der Waals surface area contributed by atoms with Crippen molar-refractivity contribution in [2.75, 3.05) is 20.0 Å². The third-order valence-corrected chi connectivity index (χ3v) is 2.18. The summed E-state index contributed by atoms with van der Waals surface area (Å²) in [5.74, 6) is 0.308. The second-order valence-corrected chi connectivity index (χ2v) is 3.10. The number of anilines is 1. The van der Waals surface area contributed by atoms with Crippen LogP contribution in [-0.2, 0) is 16.0 Å². The zero-order valence-corrected chi connectivity index (χ0v) is 8.99. The van der Waals surface area contributed by atoms with Gasteiger partial charge in [-0.05, 0) is 0 Å². The molecule has 0 amide bonds. The molecule has 16 heavy (non-hydrogen) atoms. The molecule has 2 aromatic heterocycles. The summed E-state index contributed by atoms with van der Waals surface area (Å²) in [5.41, 5.74) is 6.68. The summed E-state index contributed by atoms with van der Waals surface area (Å²) in [6.07, 6.45) is 0.965. The Labute approximate surface area is 91.4 Å². The predicted molar refractivity (Wildman–Crippen MR) is 55.3 cm³/mol. The number of nitrogens with zero attached hydrogens (tertiary/aromatic N) is 5. The summed E-state index contributed by atoms with van der Waals surface area (Å²) in [6, 6.07) is 0. The van der Waals surface area contributed by atoms with E-state index in [-0.39, 0.29) is 0 Å². The molecule has 8 nitrogen and oxygen atoms in total. The fourth-order valence-corrected chi connectivity index (χ4v) is 1.32. The summed E-state index contributed by atoms with van der Waals surface area (Å²) in [6.45, 7) is 0.389. The lowest BCUT2D eigenvalue weighted by atomic mass is 10.5. The molecule has 2 heterocycles. The molecule has 0 unspecified atom stereocenters. The van der Waals surface area contributed by atoms with Crippen molar-refractivity contribution in [1.82, 2.24) is 25.0 Å². The zero-order chi connectivity index (χ0) is 11.5. The Bertz CT molecular complexity index is 480. The third kappa shape index (κ3) is 1.79. The van der Waals surface area contributed by atoms with Crippen molar-refractivity contribution >= 4 is 17.0 Å². The highest BCUT2D eigenvalue weighted by atomic mass is 16.7. The number of ether oxygens (including phenoxy) is 2. The number of hydrogen-bond acceptors (Lipinski definition) is 7. The van der Waals surface area contributed by atoms with Crippen LogP contribution in [-0.4, -0.2) is 45.5 Å². The van der Waals surface area contributed by atoms with E-state index in [1.54, 1.807) is 18.9 Å². The van der Waals surface area contributed by atoms with Crippen LogP contribution < -0.4 is 5.73 Å². The summed E-state index contributed by atoms with van der Waals surface area (Å²) < 4.78 is 11.7. The molecule has 0 aliphatic rings. The molecule has 0 aliphatic heterocycles. The topological polar surface area (TPSA) is 101 Å². The Kier molecular flexibility index (Phi) is 2.93. The van der Waals surface area contributed by atoms with Crippen LogP contribution in [0.15, 0.2) is 6.33 Å². The van der Waals surface area contributed by atoms with Crippen LogP contribution in [0, 0.1) is 0 Å². The molecule has 0 saturated heterocycles. The molecule has 0 bridgehead atoms. The normalized spacial score (nSPS) is 11.4. The standard InChI is InChI=1S/C8H12N6O2/c1-15-5(16-2)3-14-8-6(12-13-14)7(9)10-4-11-8/h4-5H,3H2,1-2H3,(H2,9,10,11). The zero-order valence-electron chi connectivity index (χ0n) is 8.99. The molecule has 0 atom stereocenters. The second-order valence-electron chi connectivity index (χ2n) is 3.10. The number of aromatic nitrogens is 5. The SMILES string of the molecule is COC(Cn1nnc2c(N)ncnc21)OC. The quantitative estimate of drug-likeness (QED) is 0.693. The van der Waals surface area contributed by atoms with Gasteiger partial charge in [-0.3, -0.25) is 0 Å². The van der Waals surface area contributed by atoms with Crippen molar-refractivity contribution in [3.8, 4) is 0 Å². The summed E-state index contributed by atoms with van der Waals surface area (Å²) in [4.78, 5) is 7.89. The Morgan fingerprint density at radius 2 is 2.12 bits per heavy atom. The first kappa shape index (κ1) is 10.7. The Morgan fingerprint density at radius 1 is 1.38 bits per heavy atom. The van der Waals surface area contributed by atoms with Crippen molar-refractivity contribution < 1.29 is 9.47 Å². The molecule has 2 rings (SSSR count). The average molecular weight is 224 g/mol. The van der Waals surface area contributed by atoms with E-state index in [2.05, 4.69) is 20.3 Å². The summed E-state index contributed by atoms with van der Waals surface area (Å²) in [5, 5.41) is 7.81. The van der Waals surface area contributed by atoms with Gasteiger partial charge in [0.05, 0.1) is 6.54 Å². The van der Waals surface area contributed by atoms with Gasteiger partial charge in [-0.25, -0.2) is 14.6 Å². The van der Waals surface area contributed by atoms with Crippen LogP contribution in [0.4, 0.5) is 5.82 Å². The molecule has 0 aliphatic carbocycles. The Hall–Kier alpha value is -1.80. The lowest BCUT2D eigenvalue weighted by molar-refractivity contribution is -0.112. The number of rotatable bonds is 4. The molecule has 8 heteroatoms. The number of methoxy groups -OCH3 is 2. The van der Waals surface area contributed by atoms with Crippen molar-refractivity contribution in [3.05, 3.63) is 6.33 Å². The molecule has 0 fully saturated rings. The van der Waals surface area contributed by atoms with E-state index in [4.69, 9.17) is 15.2 Å². The van der Waals surface area contributed by atoms with Crippen LogP contribution in [0.2, 0.25) is 0 Å². The van der Waals surface area contributed by atoms with Crippen LogP contribution in [0.25, 0.3) is 11.2 Å². The van der Waals surface area contributed by atoms with Crippen molar-refractivity contribution in [2.24, 2.45) is 0 Å². The number of fused-ring (bicyclic) bond motifs is 1. The lowest BCUT2D eigenvalue weighted by Gasteiger charge is -2.12. The smallest absolute Gasteiger partial charge is 0.184 e. The van der Waals surface area contributed by atoms with Crippen LogP contribution in [0.1, 0.15) is 0 Å². The van der Waals surface area contributed by atoms with Crippen molar-refractivity contribution in [2.45, 2.75) is 12.8 Å². The molecule has 0 aromatic carbocycles. The van der Waals surface area contributed by atoms with E-state index >= 15 is 0 Å². The van der Waals surface area contributed by atoms with Gasteiger partial charge in [-0.1, -0.05) is 5.21 Å². The van der Waals surface area contributed by atoms with Gasteiger partial charge < -0.3 is 15.2 Å². The fraction of sp³-hybridized carbons (Fsp3) is 0.500. The van der Waals surface area contributed by atoms with Gasteiger partial charge in [0.1, 0.15) is 6.33 Å². The molecule has 2 aromatic rings. The van der Waals surface area contributed by atoms with Crippen LogP contribution in [0.5, 0.6) is 0 Å². The number of nitrogen functional groups attached to an aromatic ring is 1. The van der Waals surface area contributed by atoms with Gasteiger partial charge in [0.25, 0.3) is 0 Å². The highest BCUT2D eigenvalue weighted by Crippen LogP contribution is 2.12. The molecule has 86 valence electrons. The average Bonchev–Trinajstić information content (AvgIpc) is 2.71. The third-order valence-electron chi connectivity index (χ3n) is 2.18. The Balaban J connectivity index is 2.35. The minimum Gasteiger partial charge on any atom is -0.382 e. The molecule has 2 N–H and O–H groups in total. The fourth-order valence-electron chi connectivity index (χ4n) is 1.32. The number of nitrogens with two attached hydrogens (primary N) is 1. The van der Waals surface area contributed by atoms with E-state index in [1.807, 2.05) is 0 Å². The van der Waals surface area contributed by atoms with E-state index in [9.17, 15) is 0 Å². The maximum absolute atomic E-state index is 5.64. The van der Waals surface area contributed by atoms with Crippen molar-refractivity contribution in [3.63, 3.8) is 0 Å². The van der Waals surface area contributed by atoms with E-state index in [0.29, 0.717) is 23.5 Å². The maximum atomic E-state index is 5.64.